The summed E-state index contributed by atoms with van der Waals surface area (Å²) in [6.07, 6.45) is -10.2. The summed E-state index contributed by atoms with van der Waals surface area (Å²) in [6, 6.07) is 6.73. The van der Waals surface area contributed by atoms with Crippen molar-refractivity contribution in [3.63, 3.8) is 0 Å². The fourth-order valence-corrected chi connectivity index (χ4v) is 2.18. The van der Waals surface area contributed by atoms with Gasteiger partial charge in [-0.2, -0.15) is 26.3 Å². The second-order valence-corrected chi connectivity index (χ2v) is 5.75. The molecule has 2 aromatic carbocycles. The Morgan fingerprint density at radius 1 is 0.857 bits per heavy atom. The highest BCUT2D eigenvalue weighted by Gasteiger charge is 2.37. The number of Topliss-reactive ketones (excluding diaryl/α,β-unsaturated/α-hetero) is 1. The van der Waals surface area contributed by atoms with Gasteiger partial charge in [0.05, 0.1) is 16.7 Å². The van der Waals surface area contributed by atoms with Crippen LogP contribution in [0.2, 0.25) is 0 Å². The largest absolute Gasteiger partial charge is 0.416 e. The van der Waals surface area contributed by atoms with E-state index >= 15 is 0 Å². The minimum absolute atomic E-state index is 0.0791. The minimum Gasteiger partial charge on any atom is -0.366 e. The molecule has 2 aromatic rings. The molecule has 10 heteroatoms. The Bertz CT molecular complexity index is 830. The van der Waals surface area contributed by atoms with Gasteiger partial charge < -0.3 is 4.84 Å². The maximum Gasteiger partial charge on any atom is 0.416 e. The quantitative estimate of drug-likeness (QED) is 0.447. The highest BCUT2D eigenvalue weighted by Crippen LogP contribution is 2.36. The van der Waals surface area contributed by atoms with E-state index in [0.29, 0.717) is 12.1 Å². The van der Waals surface area contributed by atoms with E-state index in [1.165, 1.54) is 12.1 Å². The summed E-state index contributed by atoms with van der Waals surface area (Å²) < 4.78 is 77.3. The summed E-state index contributed by atoms with van der Waals surface area (Å²) in [5, 5.41) is 0. The van der Waals surface area contributed by atoms with Crippen molar-refractivity contribution in [2.24, 2.45) is 0 Å². The van der Waals surface area contributed by atoms with Gasteiger partial charge in [-0.1, -0.05) is 18.2 Å². The van der Waals surface area contributed by atoms with Gasteiger partial charge in [0, 0.05) is 5.56 Å². The molecule has 0 aliphatic heterocycles. The van der Waals surface area contributed by atoms with Gasteiger partial charge >= 0.3 is 18.3 Å². The summed E-state index contributed by atoms with van der Waals surface area (Å²) >= 11 is 0. The molecular formula is C18H13F6NO3. The fourth-order valence-electron chi connectivity index (χ4n) is 2.18. The highest BCUT2D eigenvalue weighted by atomic mass is 19.4. The molecule has 150 valence electrons. The highest BCUT2D eigenvalue weighted by molar-refractivity contribution is 6.00. The van der Waals surface area contributed by atoms with E-state index in [9.17, 15) is 35.9 Å². The van der Waals surface area contributed by atoms with E-state index in [-0.39, 0.29) is 11.6 Å². The van der Waals surface area contributed by atoms with Gasteiger partial charge in [-0.05, 0) is 37.3 Å². The molecular weight excluding hydrogens is 392 g/mol. The van der Waals surface area contributed by atoms with Gasteiger partial charge in [-0.3, -0.25) is 4.79 Å². The van der Waals surface area contributed by atoms with Crippen LogP contribution in [0, 0.1) is 0 Å². The summed E-state index contributed by atoms with van der Waals surface area (Å²) in [7, 11) is 0. The zero-order valence-corrected chi connectivity index (χ0v) is 14.2. The van der Waals surface area contributed by atoms with Gasteiger partial charge in [0.1, 0.15) is 6.04 Å². The normalized spacial score (nSPS) is 13.1. The molecule has 0 saturated carbocycles. The maximum absolute atomic E-state index is 12.9. The summed E-state index contributed by atoms with van der Waals surface area (Å²) in [5.41, 5.74) is -1.88. The van der Waals surface area contributed by atoms with Crippen molar-refractivity contribution in [1.82, 2.24) is 5.48 Å². The van der Waals surface area contributed by atoms with E-state index in [1.807, 2.05) is 5.48 Å². The topological polar surface area (TPSA) is 55.4 Å². The second-order valence-electron chi connectivity index (χ2n) is 5.75. The molecule has 0 aromatic heterocycles. The molecule has 0 fully saturated rings. The van der Waals surface area contributed by atoms with Crippen LogP contribution in [0.5, 0.6) is 0 Å². The van der Waals surface area contributed by atoms with Crippen LogP contribution in [0.1, 0.15) is 38.8 Å². The van der Waals surface area contributed by atoms with Crippen LogP contribution in [-0.2, 0) is 17.2 Å². The Morgan fingerprint density at radius 3 is 1.82 bits per heavy atom. The predicted octanol–water partition coefficient (Wildman–Crippen LogP) is 4.66. The number of alkyl halides is 6. The van der Waals surface area contributed by atoms with Crippen LogP contribution >= 0.6 is 0 Å². The first-order valence-corrected chi connectivity index (χ1v) is 7.75. The molecule has 28 heavy (non-hydrogen) atoms. The predicted molar refractivity (Wildman–Crippen MR) is 85.2 cm³/mol. The van der Waals surface area contributed by atoms with E-state index < -0.39 is 46.8 Å². The summed E-state index contributed by atoms with van der Waals surface area (Å²) in [5.74, 6) is -1.99. The first-order chi connectivity index (χ1) is 12.9. The van der Waals surface area contributed by atoms with Crippen LogP contribution in [0.3, 0.4) is 0 Å². The molecule has 0 amide bonds. The average Bonchev–Trinajstić information content (AvgIpc) is 2.64. The third-order valence-corrected chi connectivity index (χ3v) is 3.60. The molecule has 1 N–H and O–H groups in total. The zero-order chi connectivity index (χ0) is 21.1. The monoisotopic (exact) mass is 405 g/mol. The van der Waals surface area contributed by atoms with Gasteiger partial charge in [0.25, 0.3) is 0 Å². The van der Waals surface area contributed by atoms with Crippen molar-refractivity contribution >= 4 is 11.8 Å². The van der Waals surface area contributed by atoms with Gasteiger partial charge in [-0.25, -0.2) is 4.79 Å². The second kappa shape index (κ2) is 8.01. The van der Waals surface area contributed by atoms with Crippen molar-refractivity contribution in [3.8, 4) is 0 Å². The van der Waals surface area contributed by atoms with Crippen molar-refractivity contribution in [2.75, 3.05) is 0 Å². The number of carbonyl (C=O) groups is 2. The summed E-state index contributed by atoms with van der Waals surface area (Å²) in [6.45, 7) is 1.13. The Hall–Kier alpha value is -2.88. The molecule has 1 atom stereocenters. The number of carbonyl (C=O) groups excluding carboxylic acids is 2. The van der Waals surface area contributed by atoms with Crippen molar-refractivity contribution in [1.29, 1.82) is 0 Å². The molecule has 0 aliphatic rings. The van der Waals surface area contributed by atoms with E-state index in [1.54, 1.807) is 18.2 Å². The number of hydrogen-bond acceptors (Lipinski definition) is 4. The minimum atomic E-state index is -5.08. The van der Waals surface area contributed by atoms with Gasteiger partial charge in [-0.15, -0.1) is 5.48 Å². The van der Waals surface area contributed by atoms with E-state index in [2.05, 4.69) is 4.84 Å². The molecule has 0 saturated heterocycles. The van der Waals surface area contributed by atoms with E-state index in [4.69, 9.17) is 0 Å². The van der Waals surface area contributed by atoms with Crippen molar-refractivity contribution in [2.45, 2.75) is 25.3 Å². The Morgan fingerprint density at radius 2 is 1.36 bits per heavy atom. The first-order valence-electron chi connectivity index (χ1n) is 7.75. The van der Waals surface area contributed by atoms with Crippen LogP contribution in [0.4, 0.5) is 26.3 Å². The summed E-state index contributed by atoms with van der Waals surface area (Å²) in [4.78, 5) is 28.7. The number of hydrogen-bond donors (Lipinski definition) is 1. The van der Waals surface area contributed by atoms with Crippen LogP contribution < -0.4 is 5.48 Å². The molecule has 0 bridgehead atoms. The number of nitrogens with one attached hydrogen (secondary N) is 1. The molecule has 0 spiro atoms. The molecule has 0 aliphatic carbocycles. The number of halogens is 6. The lowest BCUT2D eigenvalue weighted by atomic mass is 9.99. The number of ketones is 1. The lowest BCUT2D eigenvalue weighted by Gasteiger charge is -2.16. The molecule has 0 radical (unpaired) electrons. The fraction of sp³-hybridized carbons (Fsp3) is 0.222. The lowest BCUT2D eigenvalue weighted by Crippen LogP contribution is -2.36. The number of benzene rings is 2. The van der Waals surface area contributed by atoms with Gasteiger partial charge in [0.2, 0.25) is 0 Å². The van der Waals surface area contributed by atoms with Crippen LogP contribution in [-0.4, -0.2) is 17.8 Å². The Kier molecular flexibility index (Phi) is 6.13. The van der Waals surface area contributed by atoms with E-state index in [0.717, 1.165) is 6.92 Å². The smallest absolute Gasteiger partial charge is 0.366 e. The average molecular weight is 405 g/mol. The molecule has 0 heterocycles. The van der Waals surface area contributed by atoms with Gasteiger partial charge in [0.15, 0.2) is 5.78 Å². The number of rotatable bonds is 5. The third-order valence-electron chi connectivity index (χ3n) is 3.60. The molecule has 4 nitrogen and oxygen atoms in total. The lowest BCUT2D eigenvalue weighted by molar-refractivity contribution is -0.143. The molecule has 2 rings (SSSR count). The van der Waals surface area contributed by atoms with Crippen molar-refractivity contribution < 1.29 is 40.8 Å². The third kappa shape index (κ3) is 5.32. The first kappa shape index (κ1) is 21.4. The Balaban J connectivity index is 2.21. The van der Waals surface area contributed by atoms with Crippen LogP contribution in [0.25, 0.3) is 0 Å². The maximum atomic E-state index is 12.9. The molecule has 0 unspecified atom stereocenters. The Labute approximate surface area is 155 Å². The van der Waals surface area contributed by atoms with Crippen molar-refractivity contribution in [3.05, 3.63) is 70.8 Å². The van der Waals surface area contributed by atoms with Crippen LogP contribution in [0.15, 0.2) is 48.5 Å². The SMILES string of the molecule is C[C@H](NOC(=O)c1ccccc1)C(=O)c1cc(C(F)(F)F)cc(C(F)(F)F)c1. The number of hydroxylamine groups is 1. The zero-order valence-electron chi connectivity index (χ0n) is 14.2. The standard InChI is InChI=1S/C18H13F6NO3/c1-10(25-28-16(27)11-5-3-2-4-6-11)15(26)12-7-13(17(19,20)21)9-14(8-12)18(22,23)24/h2-10,25H,1H3/t10-/m0/s1.